The molecule has 0 atom stereocenters. The first kappa shape index (κ1) is 14.0. The molecule has 1 saturated heterocycles. The Morgan fingerprint density at radius 2 is 1.79 bits per heavy atom. The zero-order chi connectivity index (χ0) is 14.2. The standard InChI is InChI=1S/C11H11ClN2O4S/c1-7-2-3-9(8(12)4-7)19(17,18)14-5-10(15)13-11(16)6-14/h2-4H,5-6H2,1H3,(H,13,15,16). The lowest BCUT2D eigenvalue weighted by Gasteiger charge is -2.25. The van der Waals surface area contributed by atoms with Crippen LogP contribution in [0.1, 0.15) is 5.56 Å². The molecule has 19 heavy (non-hydrogen) atoms. The maximum atomic E-state index is 12.3. The van der Waals surface area contributed by atoms with Gasteiger partial charge < -0.3 is 0 Å². The first-order valence-corrected chi connectivity index (χ1v) is 7.21. The summed E-state index contributed by atoms with van der Waals surface area (Å²) in [6.07, 6.45) is 0. The summed E-state index contributed by atoms with van der Waals surface area (Å²) in [4.78, 5) is 22.4. The van der Waals surface area contributed by atoms with Crippen LogP contribution in [0.2, 0.25) is 5.02 Å². The molecular formula is C11H11ClN2O4S. The Bertz CT molecular complexity index is 641. The molecule has 2 rings (SSSR count). The number of nitrogens with one attached hydrogen (secondary N) is 1. The number of aryl methyl sites for hydroxylation is 1. The van der Waals surface area contributed by atoms with E-state index in [-0.39, 0.29) is 9.92 Å². The highest BCUT2D eigenvalue weighted by Crippen LogP contribution is 2.25. The third-order valence-electron chi connectivity index (χ3n) is 2.62. The third kappa shape index (κ3) is 2.78. The molecule has 1 aromatic rings. The minimum Gasteiger partial charge on any atom is -0.294 e. The second-order valence-electron chi connectivity index (χ2n) is 4.18. The molecule has 1 fully saturated rings. The Morgan fingerprint density at radius 1 is 1.21 bits per heavy atom. The van der Waals surface area contributed by atoms with Crippen LogP contribution >= 0.6 is 11.6 Å². The average molecular weight is 303 g/mol. The molecule has 1 aromatic carbocycles. The topological polar surface area (TPSA) is 83.6 Å². The lowest BCUT2D eigenvalue weighted by Crippen LogP contribution is -2.53. The van der Waals surface area contributed by atoms with E-state index in [4.69, 9.17) is 11.6 Å². The van der Waals surface area contributed by atoms with Gasteiger partial charge in [-0.05, 0) is 24.6 Å². The summed E-state index contributed by atoms with van der Waals surface area (Å²) in [6, 6.07) is 4.48. The Kier molecular flexibility index (Phi) is 3.62. The van der Waals surface area contributed by atoms with E-state index >= 15 is 0 Å². The van der Waals surface area contributed by atoms with Gasteiger partial charge in [-0.3, -0.25) is 14.9 Å². The minimum atomic E-state index is -3.96. The van der Waals surface area contributed by atoms with Crippen LogP contribution in [0.5, 0.6) is 0 Å². The number of sulfonamides is 1. The summed E-state index contributed by atoms with van der Waals surface area (Å²) >= 11 is 5.91. The van der Waals surface area contributed by atoms with Crippen LogP contribution in [0.4, 0.5) is 0 Å². The molecule has 8 heteroatoms. The summed E-state index contributed by atoms with van der Waals surface area (Å²) in [5.41, 5.74) is 0.816. The van der Waals surface area contributed by atoms with Crippen molar-refractivity contribution in [2.45, 2.75) is 11.8 Å². The van der Waals surface area contributed by atoms with Crippen molar-refractivity contribution in [1.82, 2.24) is 9.62 Å². The number of hydrogen-bond acceptors (Lipinski definition) is 4. The predicted molar refractivity (Wildman–Crippen MR) is 68.1 cm³/mol. The predicted octanol–water partition coefficient (Wildman–Crippen LogP) is 0.296. The summed E-state index contributed by atoms with van der Waals surface area (Å²) in [7, 11) is -3.96. The van der Waals surface area contributed by atoms with Crippen LogP contribution in [-0.2, 0) is 19.6 Å². The van der Waals surface area contributed by atoms with Crippen molar-refractivity contribution in [3.63, 3.8) is 0 Å². The normalized spacial score (nSPS) is 17.4. The molecule has 0 radical (unpaired) electrons. The number of halogens is 1. The fourth-order valence-electron chi connectivity index (χ4n) is 1.73. The Hall–Kier alpha value is -1.44. The van der Waals surface area contributed by atoms with Gasteiger partial charge in [0.25, 0.3) is 0 Å². The van der Waals surface area contributed by atoms with E-state index < -0.39 is 34.9 Å². The van der Waals surface area contributed by atoms with Crippen molar-refractivity contribution in [3.8, 4) is 0 Å². The van der Waals surface area contributed by atoms with Crippen molar-refractivity contribution in [2.24, 2.45) is 0 Å². The van der Waals surface area contributed by atoms with E-state index in [1.54, 1.807) is 13.0 Å². The summed E-state index contributed by atoms with van der Waals surface area (Å²) in [6.45, 7) is 0.997. The van der Waals surface area contributed by atoms with Crippen molar-refractivity contribution in [3.05, 3.63) is 28.8 Å². The number of piperazine rings is 1. The fraction of sp³-hybridized carbons (Fsp3) is 0.273. The second kappa shape index (κ2) is 4.92. The Labute approximate surface area is 115 Å². The van der Waals surface area contributed by atoms with Crippen LogP contribution in [-0.4, -0.2) is 37.6 Å². The van der Waals surface area contributed by atoms with Gasteiger partial charge in [0.2, 0.25) is 21.8 Å². The largest absolute Gasteiger partial charge is 0.294 e. The van der Waals surface area contributed by atoms with E-state index in [0.29, 0.717) is 0 Å². The van der Waals surface area contributed by atoms with Gasteiger partial charge in [-0.25, -0.2) is 8.42 Å². The highest BCUT2D eigenvalue weighted by molar-refractivity contribution is 7.89. The zero-order valence-corrected chi connectivity index (χ0v) is 11.6. The minimum absolute atomic E-state index is 0.0680. The molecule has 0 unspecified atom stereocenters. The van der Waals surface area contributed by atoms with Gasteiger partial charge in [0.1, 0.15) is 4.90 Å². The first-order chi connectivity index (χ1) is 8.80. The molecule has 1 aliphatic heterocycles. The molecule has 0 aromatic heterocycles. The molecule has 1 heterocycles. The summed E-state index contributed by atoms with van der Waals surface area (Å²) in [5, 5.41) is 2.11. The molecule has 6 nitrogen and oxygen atoms in total. The van der Waals surface area contributed by atoms with Crippen molar-refractivity contribution >= 4 is 33.4 Å². The Morgan fingerprint density at radius 3 is 2.32 bits per heavy atom. The van der Waals surface area contributed by atoms with E-state index in [1.807, 2.05) is 5.32 Å². The number of amides is 2. The molecule has 0 bridgehead atoms. The maximum absolute atomic E-state index is 12.3. The number of imide groups is 1. The van der Waals surface area contributed by atoms with Gasteiger partial charge >= 0.3 is 0 Å². The number of hydrogen-bond donors (Lipinski definition) is 1. The number of benzene rings is 1. The van der Waals surface area contributed by atoms with Crippen LogP contribution in [0.3, 0.4) is 0 Å². The maximum Gasteiger partial charge on any atom is 0.245 e. The van der Waals surface area contributed by atoms with Gasteiger partial charge in [0.05, 0.1) is 18.1 Å². The van der Waals surface area contributed by atoms with E-state index in [2.05, 4.69) is 0 Å². The van der Waals surface area contributed by atoms with E-state index in [0.717, 1.165) is 9.87 Å². The van der Waals surface area contributed by atoms with Gasteiger partial charge in [0, 0.05) is 0 Å². The zero-order valence-electron chi connectivity index (χ0n) is 10.0. The van der Waals surface area contributed by atoms with Crippen LogP contribution in [0, 0.1) is 6.92 Å². The number of carbonyl (C=O) groups excluding carboxylic acids is 2. The second-order valence-corrected chi connectivity index (χ2v) is 6.49. The lowest BCUT2D eigenvalue weighted by atomic mass is 10.2. The van der Waals surface area contributed by atoms with Gasteiger partial charge in [-0.2, -0.15) is 4.31 Å². The average Bonchev–Trinajstić information content (AvgIpc) is 2.26. The SMILES string of the molecule is Cc1ccc(S(=O)(=O)N2CC(=O)NC(=O)C2)c(Cl)c1. The van der Waals surface area contributed by atoms with Crippen molar-refractivity contribution in [1.29, 1.82) is 0 Å². The van der Waals surface area contributed by atoms with Gasteiger partial charge in [-0.1, -0.05) is 17.7 Å². The molecule has 102 valence electrons. The third-order valence-corrected chi connectivity index (χ3v) is 4.90. The lowest BCUT2D eigenvalue weighted by molar-refractivity contribution is -0.134. The van der Waals surface area contributed by atoms with Crippen LogP contribution < -0.4 is 5.32 Å². The molecule has 0 aliphatic carbocycles. The molecule has 0 spiro atoms. The molecule has 1 N–H and O–H groups in total. The summed E-state index contributed by atoms with van der Waals surface area (Å²) in [5.74, 6) is -1.30. The van der Waals surface area contributed by atoms with Gasteiger partial charge in [-0.15, -0.1) is 0 Å². The van der Waals surface area contributed by atoms with E-state index in [9.17, 15) is 18.0 Å². The number of rotatable bonds is 2. The molecular weight excluding hydrogens is 292 g/mol. The molecule has 2 amide bonds. The number of nitrogens with zero attached hydrogens (tertiary/aromatic N) is 1. The number of carbonyl (C=O) groups is 2. The fourth-order valence-corrected chi connectivity index (χ4v) is 3.66. The Balaban J connectivity index is 2.42. The quantitative estimate of drug-likeness (QED) is 0.796. The highest BCUT2D eigenvalue weighted by atomic mass is 35.5. The summed E-state index contributed by atoms with van der Waals surface area (Å²) < 4.78 is 25.4. The highest BCUT2D eigenvalue weighted by Gasteiger charge is 2.33. The van der Waals surface area contributed by atoms with Crippen molar-refractivity contribution in [2.75, 3.05) is 13.1 Å². The molecule has 1 aliphatic rings. The van der Waals surface area contributed by atoms with Crippen LogP contribution in [0.25, 0.3) is 0 Å². The van der Waals surface area contributed by atoms with Crippen molar-refractivity contribution < 1.29 is 18.0 Å². The van der Waals surface area contributed by atoms with Crippen LogP contribution in [0.15, 0.2) is 23.1 Å². The molecule has 0 saturated carbocycles. The first-order valence-electron chi connectivity index (χ1n) is 5.39. The monoisotopic (exact) mass is 302 g/mol. The smallest absolute Gasteiger partial charge is 0.245 e. The van der Waals surface area contributed by atoms with E-state index in [1.165, 1.54) is 12.1 Å². The van der Waals surface area contributed by atoms with Gasteiger partial charge in [0.15, 0.2) is 0 Å².